The Kier molecular flexibility index (Phi) is 3.54. The molecule has 1 N–H and O–H groups in total. The van der Waals surface area contributed by atoms with E-state index in [2.05, 4.69) is 13.0 Å². The summed E-state index contributed by atoms with van der Waals surface area (Å²) in [6.45, 7) is 2.09. The number of carbonyl (C=O) groups is 1. The average Bonchev–Trinajstić information content (AvgIpc) is 2.78. The maximum atomic E-state index is 10.7. The van der Waals surface area contributed by atoms with Crippen molar-refractivity contribution in [2.75, 3.05) is 0 Å². The molecule has 0 fully saturated rings. The molecule has 0 unspecified atom stereocenters. The fourth-order valence-corrected chi connectivity index (χ4v) is 2.48. The number of aryl methyl sites for hydroxylation is 1. The van der Waals surface area contributed by atoms with E-state index in [4.69, 9.17) is 9.52 Å². The fourth-order valence-electron chi connectivity index (χ4n) is 1.49. The Morgan fingerprint density at radius 3 is 2.82 bits per heavy atom. The Bertz CT molecular complexity index is 531. The molecule has 0 saturated heterocycles. The Morgan fingerprint density at radius 1 is 1.41 bits per heavy atom. The van der Waals surface area contributed by atoms with Crippen LogP contribution in [0, 0.1) is 0 Å². The normalized spacial score (nSPS) is 10.4. The Morgan fingerprint density at radius 2 is 2.18 bits per heavy atom. The lowest BCUT2D eigenvalue weighted by atomic mass is 10.2. The summed E-state index contributed by atoms with van der Waals surface area (Å²) in [5.74, 6) is -0.968. The summed E-state index contributed by atoms with van der Waals surface area (Å²) in [6.07, 6.45) is 2.20. The third kappa shape index (κ3) is 2.71. The van der Waals surface area contributed by atoms with Crippen LogP contribution in [0.3, 0.4) is 0 Å². The van der Waals surface area contributed by atoms with Gasteiger partial charge in [-0.05, 0) is 18.1 Å². The molecule has 2 rings (SSSR count). The monoisotopic (exact) mass is 248 g/mol. The number of carboxylic acid groups (broad SMARTS) is 1. The molecule has 1 aromatic carbocycles. The van der Waals surface area contributed by atoms with Gasteiger partial charge < -0.3 is 9.52 Å². The van der Waals surface area contributed by atoms with Crippen molar-refractivity contribution in [1.29, 1.82) is 0 Å². The Hall–Kier alpha value is -1.68. The second-order valence-electron chi connectivity index (χ2n) is 3.52. The third-order valence-corrected chi connectivity index (χ3v) is 3.42. The standard InChI is InChI=1S/C13H12O3S/c1-2-9-5-3-4-6-11(9)17-12-7-10(8-16-12)13(14)15/h3-8H,2H2,1H3,(H,14,15). The molecule has 0 aliphatic carbocycles. The van der Waals surface area contributed by atoms with Crippen molar-refractivity contribution in [2.45, 2.75) is 23.3 Å². The molecule has 2 aromatic rings. The van der Waals surface area contributed by atoms with Crippen molar-refractivity contribution in [2.24, 2.45) is 0 Å². The summed E-state index contributed by atoms with van der Waals surface area (Å²) >= 11 is 1.45. The summed E-state index contributed by atoms with van der Waals surface area (Å²) in [4.78, 5) is 11.8. The molecule has 0 bridgehead atoms. The van der Waals surface area contributed by atoms with Gasteiger partial charge in [0.15, 0.2) is 5.09 Å². The van der Waals surface area contributed by atoms with Gasteiger partial charge in [0.1, 0.15) is 6.26 Å². The molecule has 0 atom stereocenters. The van der Waals surface area contributed by atoms with Gasteiger partial charge in [0.05, 0.1) is 5.56 Å². The highest BCUT2D eigenvalue weighted by molar-refractivity contribution is 7.99. The minimum Gasteiger partial charge on any atom is -0.478 e. The lowest BCUT2D eigenvalue weighted by Gasteiger charge is -2.04. The average molecular weight is 248 g/mol. The zero-order valence-corrected chi connectivity index (χ0v) is 10.2. The van der Waals surface area contributed by atoms with Gasteiger partial charge in [-0.2, -0.15) is 0 Å². The van der Waals surface area contributed by atoms with E-state index in [9.17, 15) is 4.79 Å². The minimum atomic E-state index is -0.968. The molecule has 0 aliphatic rings. The van der Waals surface area contributed by atoms with Crippen molar-refractivity contribution >= 4 is 17.7 Å². The van der Waals surface area contributed by atoms with Crippen molar-refractivity contribution in [3.05, 3.63) is 47.7 Å². The van der Waals surface area contributed by atoms with Gasteiger partial charge in [-0.15, -0.1) is 0 Å². The maximum absolute atomic E-state index is 10.7. The van der Waals surface area contributed by atoms with E-state index in [-0.39, 0.29) is 5.56 Å². The number of benzene rings is 1. The van der Waals surface area contributed by atoms with E-state index in [1.807, 2.05) is 18.2 Å². The first-order chi connectivity index (χ1) is 8.20. The van der Waals surface area contributed by atoms with Crippen LogP contribution in [-0.4, -0.2) is 11.1 Å². The van der Waals surface area contributed by atoms with Crippen LogP contribution in [-0.2, 0) is 6.42 Å². The topological polar surface area (TPSA) is 50.4 Å². The quantitative estimate of drug-likeness (QED) is 0.896. The van der Waals surface area contributed by atoms with Gasteiger partial charge in [0, 0.05) is 11.0 Å². The van der Waals surface area contributed by atoms with E-state index in [1.54, 1.807) is 6.07 Å². The first kappa shape index (κ1) is 11.8. The van der Waals surface area contributed by atoms with Gasteiger partial charge >= 0.3 is 5.97 Å². The molecule has 0 radical (unpaired) electrons. The van der Waals surface area contributed by atoms with E-state index < -0.39 is 5.97 Å². The number of furan rings is 1. The van der Waals surface area contributed by atoms with Gasteiger partial charge in [-0.25, -0.2) is 4.79 Å². The van der Waals surface area contributed by atoms with Crippen LogP contribution in [0.5, 0.6) is 0 Å². The summed E-state index contributed by atoms with van der Waals surface area (Å²) in [5.41, 5.74) is 1.41. The lowest BCUT2D eigenvalue weighted by Crippen LogP contribution is -1.91. The highest BCUT2D eigenvalue weighted by atomic mass is 32.2. The highest BCUT2D eigenvalue weighted by Crippen LogP contribution is 2.31. The summed E-state index contributed by atoms with van der Waals surface area (Å²) in [7, 11) is 0. The molecular weight excluding hydrogens is 236 g/mol. The SMILES string of the molecule is CCc1ccccc1Sc1cc(C(=O)O)co1. The molecule has 3 nitrogen and oxygen atoms in total. The van der Waals surface area contributed by atoms with Crippen LogP contribution >= 0.6 is 11.8 Å². The first-order valence-corrected chi connectivity index (χ1v) is 6.10. The number of rotatable bonds is 4. The molecule has 1 heterocycles. The van der Waals surface area contributed by atoms with E-state index in [0.29, 0.717) is 5.09 Å². The second-order valence-corrected chi connectivity index (χ2v) is 4.57. The summed E-state index contributed by atoms with van der Waals surface area (Å²) in [6, 6.07) is 9.56. The second kappa shape index (κ2) is 5.10. The smallest absolute Gasteiger partial charge is 0.339 e. The summed E-state index contributed by atoms with van der Waals surface area (Å²) < 4.78 is 5.21. The lowest BCUT2D eigenvalue weighted by molar-refractivity contribution is 0.0696. The van der Waals surface area contributed by atoms with Crippen molar-refractivity contribution < 1.29 is 14.3 Å². The molecule has 88 valence electrons. The minimum absolute atomic E-state index is 0.182. The zero-order valence-electron chi connectivity index (χ0n) is 9.34. The number of hydrogen-bond acceptors (Lipinski definition) is 3. The van der Waals surface area contributed by atoms with Gasteiger partial charge in [-0.1, -0.05) is 36.9 Å². The molecule has 0 spiro atoms. The van der Waals surface area contributed by atoms with Gasteiger partial charge in [-0.3, -0.25) is 0 Å². The largest absolute Gasteiger partial charge is 0.478 e. The van der Waals surface area contributed by atoms with Crippen LogP contribution in [0.1, 0.15) is 22.8 Å². The van der Waals surface area contributed by atoms with Crippen molar-refractivity contribution in [3.8, 4) is 0 Å². The van der Waals surface area contributed by atoms with E-state index in [1.165, 1.54) is 23.6 Å². The highest BCUT2D eigenvalue weighted by Gasteiger charge is 2.10. The number of hydrogen-bond donors (Lipinski definition) is 1. The first-order valence-electron chi connectivity index (χ1n) is 5.28. The molecule has 0 amide bonds. The van der Waals surface area contributed by atoms with Crippen LogP contribution in [0.4, 0.5) is 0 Å². The maximum Gasteiger partial charge on any atom is 0.339 e. The van der Waals surface area contributed by atoms with E-state index in [0.717, 1.165) is 11.3 Å². The molecule has 17 heavy (non-hydrogen) atoms. The van der Waals surface area contributed by atoms with Crippen molar-refractivity contribution in [1.82, 2.24) is 0 Å². The van der Waals surface area contributed by atoms with Gasteiger partial charge in [0.25, 0.3) is 0 Å². The number of carboxylic acids is 1. The Labute approximate surface area is 103 Å². The molecule has 0 aliphatic heterocycles. The Balaban J connectivity index is 2.22. The van der Waals surface area contributed by atoms with Crippen LogP contribution in [0.2, 0.25) is 0 Å². The zero-order chi connectivity index (χ0) is 12.3. The van der Waals surface area contributed by atoms with E-state index >= 15 is 0 Å². The predicted octanol–water partition coefficient (Wildman–Crippen LogP) is 3.69. The summed E-state index contributed by atoms with van der Waals surface area (Å²) in [5, 5.41) is 9.40. The van der Waals surface area contributed by atoms with Gasteiger partial charge in [0.2, 0.25) is 0 Å². The number of aromatic carboxylic acids is 1. The van der Waals surface area contributed by atoms with Crippen LogP contribution in [0.15, 0.2) is 51.0 Å². The van der Waals surface area contributed by atoms with Crippen LogP contribution in [0.25, 0.3) is 0 Å². The van der Waals surface area contributed by atoms with Crippen LogP contribution < -0.4 is 0 Å². The molecule has 1 aromatic heterocycles. The molecular formula is C13H12O3S. The third-order valence-electron chi connectivity index (χ3n) is 2.39. The molecule has 0 saturated carbocycles. The fraction of sp³-hybridized carbons (Fsp3) is 0.154. The van der Waals surface area contributed by atoms with Crippen molar-refractivity contribution in [3.63, 3.8) is 0 Å². The molecule has 4 heteroatoms. The predicted molar refractivity (Wildman–Crippen MR) is 65.6 cm³/mol.